The SMILES string of the molecule is CCC(Br)CCNC(=O)c1ccc(C)nc1. The van der Waals surface area contributed by atoms with Crippen LogP contribution in [0.1, 0.15) is 35.8 Å². The average Bonchev–Trinajstić information content (AvgIpc) is 2.29. The molecule has 0 saturated carbocycles. The molecule has 0 bridgehead atoms. The molecule has 3 nitrogen and oxygen atoms in total. The predicted molar refractivity (Wildman–Crippen MR) is 68.9 cm³/mol. The van der Waals surface area contributed by atoms with Gasteiger partial charge in [-0.25, -0.2) is 0 Å². The summed E-state index contributed by atoms with van der Waals surface area (Å²) < 4.78 is 0. The van der Waals surface area contributed by atoms with Gasteiger partial charge >= 0.3 is 0 Å². The highest BCUT2D eigenvalue weighted by molar-refractivity contribution is 9.09. The number of alkyl halides is 1. The zero-order valence-electron chi connectivity index (χ0n) is 9.66. The zero-order chi connectivity index (χ0) is 12.0. The Hall–Kier alpha value is -0.900. The molecule has 1 atom stereocenters. The molecule has 1 unspecified atom stereocenters. The molecule has 0 fully saturated rings. The maximum absolute atomic E-state index is 11.7. The first-order valence-corrected chi connectivity index (χ1v) is 6.40. The van der Waals surface area contributed by atoms with Crippen LogP contribution in [0.2, 0.25) is 0 Å². The molecule has 1 N–H and O–H groups in total. The van der Waals surface area contributed by atoms with Crippen molar-refractivity contribution in [3.05, 3.63) is 29.6 Å². The van der Waals surface area contributed by atoms with Crippen molar-refractivity contribution in [3.63, 3.8) is 0 Å². The number of nitrogens with zero attached hydrogens (tertiary/aromatic N) is 1. The Kier molecular flexibility index (Phi) is 5.46. The van der Waals surface area contributed by atoms with Crippen molar-refractivity contribution in [2.24, 2.45) is 0 Å². The van der Waals surface area contributed by atoms with E-state index in [2.05, 4.69) is 33.2 Å². The monoisotopic (exact) mass is 284 g/mol. The van der Waals surface area contributed by atoms with Gasteiger partial charge in [-0.05, 0) is 31.9 Å². The molecule has 0 spiro atoms. The molecule has 1 heterocycles. The molecule has 0 aliphatic heterocycles. The summed E-state index contributed by atoms with van der Waals surface area (Å²) in [6.45, 7) is 4.71. The second kappa shape index (κ2) is 6.63. The van der Waals surface area contributed by atoms with Gasteiger partial charge in [-0.2, -0.15) is 0 Å². The number of halogens is 1. The Morgan fingerprint density at radius 1 is 1.56 bits per heavy atom. The highest BCUT2D eigenvalue weighted by atomic mass is 79.9. The van der Waals surface area contributed by atoms with Gasteiger partial charge in [-0.3, -0.25) is 9.78 Å². The lowest BCUT2D eigenvalue weighted by atomic mass is 10.2. The minimum atomic E-state index is -0.0525. The molecule has 0 radical (unpaired) electrons. The van der Waals surface area contributed by atoms with Crippen LogP contribution < -0.4 is 5.32 Å². The van der Waals surface area contributed by atoms with Gasteiger partial charge in [0.1, 0.15) is 0 Å². The van der Waals surface area contributed by atoms with E-state index < -0.39 is 0 Å². The number of carbonyl (C=O) groups is 1. The Labute approximate surface area is 105 Å². The number of amides is 1. The second-order valence-electron chi connectivity index (χ2n) is 3.74. The van der Waals surface area contributed by atoms with Gasteiger partial charge in [0, 0.05) is 23.3 Å². The summed E-state index contributed by atoms with van der Waals surface area (Å²) in [4.78, 5) is 16.2. The van der Waals surface area contributed by atoms with Crippen molar-refractivity contribution < 1.29 is 4.79 Å². The number of aryl methyl sites for hydroxylation is 1. The number of nitrogens with one attached hydrogen (secondary N) is 1. The van der Waals surface area contributed by atoms with Crippen LogP contribution in [0.25, 0.3) is 0 Å². The molecule has 1 amide bonds. The Morgan fingerprint density at radius 2 is 2.31 bits per heavy atom. The van der Waals surface area contributed by atoms with Crippen molar-refractivity contribution >= 4 is 21.8 Å². The van der Waals surface area contributed by atoms with Gasteiger partial charge < -0.3 is 5.32 Å². The highest BCUT2D eigenvalue weighted by Crippen LogP contribution is 2.08. The summed E-state index contributed by atoms with van der Waals surface area (Å²) >= 11 is 3.53. The summed E-state index contributed by atoms with van der Waals surface area (Å²) in [5, 5.41) is 2.87. The van der Waals surface area contributed by atoms with E-state index in [1.807, 2.05) is 13.0 Å². The van der Waals surface area contributed by atoms with E-state index in [1.165, 1.54) is 0 Å². The summed E-state index contributed by atoms with van der Waals surface area (Å²) in [6, 6.07) is 3.64. The van der Waals surface area contributed by atoms with Crippen LogP contribution in [0.3, 0.4) is 0 Å². The summed E-state index contributed by atoms with van der Waals surface area (Å²) in [6.07, 6.45) is 3.62. The lowest BCUT2D eigenvalue weighted by molar-refractivity contribution is 0.0953. The molecule has 0 saturated heterocycles. The molecule has 0 aliphatic carbocycles. The van der Waals surface area contributed by atoms with Crippen molar-refractivity contribution in [3.8, 4) is 0 Å². The van der Waals surface area contributed by atoms with E-state index in [1.54, 1.807) is 12.3 Å². The van der Waals surface area contributed by atoms with Crippen LogP contribution in [0, 0.1) is 6.92 Å². The second-order valence-corrected chi connectivity index (χ2v) is 5.03. The first-order chi connectivity index (χ1) is 7.63. The molecule has 0 aromatic carbocycles. The maximum atomic E-state index is 11.7. The first kappa shape index (κ1) is 13.2. The van der Waals surface area contributed by atoms with Crippen molar-refractivity contribution in [1.82, 2.24) is 10.3 Å². The smallest absolute Gasteiger partial charge is 0.252 e. The molecular formula is C12H17BrN2O. The Balaban J connectivity index is 2.38. The van der Waals surface area contributed by atoms with Crippen LogP contribution in [-0.2, 0) is 0 Å². The van der Waals surface area contributed by atoms with E-state index in [9.17, 15) is 4.79 Å². The summed E-state index contributed by atoms with van der Waals surface area (Å²) in [5.41, 5.74) is 1.54. The molecule has 4 heteroatoms. The van der Waals surface area contributed by atoms with Gasteiger partial charge in [0.25, 0.3) is 5.91 Å². The van der Waals surface area contributed by atoms with Crippen LogP contribution in [0.4, 0.5) is 0 Å². The van der Waals surface area contributed by atoms with Crippen molar-refractivity contribution in [2.75, 3.05) is 6.54 Å². The van der Waals surface area contributed by atoms with Gasteiger partial charge in [-0.1, -0.05) is 22.9 Å². The van der Waals surface area contributed by atoms with E-state index in [-0.39, 0.29) is 5.91 Å². The van der Waals surface area contributed by atoms with E-state index in [0.717, 1.165) is 18.5 Å². The normalized spacial score (nSPS) is 12.2. The largest absolute Gasteiger partial charge is 0.352 e. The first-order valence-electron chi connectivity index (χ1n) is 5.48. The number of pyridine rings is 1. The van der Waals surface area contributed by atoms with E-state index in [4.69, 9.17) is 0 Å². The third kappa shape index (κ3) is 4.31. The number of rotatable bonds is 5. The van der Waals surface area contributed by atoms with E-state index in [0.29, 0.717) is 16.9 Å². The fraction of sp³-hybridized carbons (Fsp3) is 0.500. The highest BCUT2D eigenvalue weighted by Gasteiger charge is 2.06. The quantitative estimate of drug-likeness (QED) is 0.845. The minimum Gasteiger partial charge on any atom is -0.352 e. The molecule has 16 heavy (non-hydrogen) atoms. The topological polar surface area (TPSA) is 42.0 Å². The van der Waals surface area contributed by atoms with Gasteiger partial charge in [-0.15, -0.1) is 0 Å². The standard InChI is InChI=1S/C12H17BrN2O/c1-3-11(13)6-7-14-12(16)10-5-4-9(2)15-8-10/h4-5,8,11H,3,6-7H2,1-2H3,(H,14,16). The van der Waals surface area contributed by atoms with Gasteiger partial charge in [0.15, 0.2) is 0 Å². The molecule has 1 aromatic rings. The van der Waals surface area contributed by atoms with Gasteiger partial charge in [0.2, 0.25) is 0 Å². The van der Waals surface area contributed by atoms with Gasteiger partial charge in [0.05, 0.1) is 5.56 Å². The predicted octanol–water partition coefficient (Wildman–Crippen LogP) is 2.68. The maximum Gasteiger partial charge on any atom is 0.252 e. The van der Waals surface area contributed by atoms with E-state index >= 15 is 0 Å². The minimum absolute atomic E-state index is 0.0525. The van der Waals surface area contributed by atoms with Crippen molar-refractivity contribution in [1.29, 1.82) is 0 Å². The summed E-state index contributed by atoms with van der Waals surface area (Å²) in [7, 11) is 0. The third-order valence-corrected chi connectivity index (χ3v) is 3.46. The lowest BCUT2D eigenvalue weighted by Gasteiger charge is -2.08. The Morgan fingerprint density at radius 3 is 2.88 bits per heavy atom. The molecule has 1 aromatic heterocycles. The van der Waals surface area contributed by atoms with Crippen LogP contribution in [0.15, 0.2) is 18.3 Å². The fourth-order valence-corrected chi connectivity index (χ4v) is 1.48. The molecular weight excluding hydrogens is 268 g/mol. The van der Waals surface area contributed by atoms with Crippen LogP contribution >= 0.6 is 15.9 Å². The number of hydrogen-bond donors (Lipinski definition) is 1. The Bertz CT molecular complexity index is 337. The average molecular weight is 285 g/mol. The van der Waals surface area contributed by atoms with Crippen LogP contribution in [0.5, 0.6) is 0 Å². The number of hydrogen-bond acceptors (Lipinski definition) is 2. The number of carbonyl (C=O) groups excluding carboxylic acids is 1. The third-order valence-electron chi connectivity index (χ3n) is 2.36. The molecule has 1 rings (SSSR count). The molecule has 0 aliphatic rings. The number of aromatic nitrogens is 1. The summed E-state index contributed by atoms with van der Waals surface area (Å²) in [5.74, 6) is -0.0525. The lowest BCUT2D eigenvalue weighted by Crippen LogP contribution is -2.26. The molecule has 88 valence electrons. The fourth-order valence-electron chi connectivity index (χ4n) is 1.25. The van der Waals surface area contributed by atoms with Crippen molar-refractivity contribution in [2.45, 2.75) is 31.5 Å². The van der Waals surface area contributed by atoms with Crippen LogP contribution in [-0.4, -0.2) is 22.3 Å². The zero-order valence-corrected chi connectivity index (χ0v) is 11.3.